The molecule has 0 spiro atoms. The third kappa shape index (κ3) is 35.1. The zero-order valence-electron chi connectivity index (χ0n) is 29.2. The molecule has 0 aromatic heterocycles. The van der Waals surface area contributed by atoms with Crippen molar-refractivity contribution in [3.63, 3.8) is 0 Å². The van der Waals surface area contributed by atoms with Crippen LogP contribution in [-0.4, -0.2) is 41.0 Å². The second-order valence-corrected chi connectivity index (χ2v) is 13.4. The number of hydrogen-bond acceptors (Lipinski definition) is 6. The fourth-order valence-corrected chi connectivity index (χ4v) is 5.21. The Balaban J connectivity index is 3.99. The van der Waals surface area contributed by atoms with E-state index in [-0.39, 0.29) is 19.4 Å². The van der Waals surface area contributed by atoms with Gasteiger partial charge in [0.05, 0.1) is 6.61 Å². The summed E-state index contributed by atoms with van der Waals surface area (Å²) in [5.74, 6) is -0.907. The van der Waals surface area contributed by atoms with E-state index in [0.29, 0.717) is 12.8 Å². The molecule has 0 rings (SSSR count). The summed E-state index contributed by atoms with van der Waals surface area (Å²) in [4.78, 5) is 42.6. The first-order valence-electron chi connectivity index (χ1n) is 18.3. The molecule has 0 aliphatic heterocycles. The van der Waals surface area contributed by atoms with Gasteiger partial charge in [0.1, 0.15) is 6.61 Å². The lowest BCUT2D eigenvalue weighted by atomic mass is 10.1. The van der Waals surface area contributed by atoms with Gasteiger partial charge in [-0.2, -0.15) is 0 Å². The number of rotatable bonds is 33. The zero-order valence-corrected chi connectivity index (χ0v) is 30.1. The van der Waals surface area contributed by atoms with Gasteiger partial charge in [0.15, 0.2) is 6.10 Å². The number of allylic oxidation sites excluding steroid dienone is 6. The molecule has 0 aliphatic carbocycles. The van der Waals surface area contributed by atoms with Gasteiger partial charge >= 0.3 is 19.8 Å². The fourth-order valence-electron chi connectivity index (χ4n) is 4.85. The average molecular weight is 671 g/mol. The summed E-state index contributed by atoms with van der Waals surface area (Å²) in [6, 6.07) is 0. The van der Waals surface area contributed by atoms with Crippen molar-refractivity contribution in [2.45, 2.75) is 174 Å². The summed E-state index contributed by atoms with van der Waals surface area (Å²) in [5, 5.41) is 0. The minimum Gasteiger partial charge on any atom is -0.462 e. The van der Waals surface area contributed by atoms with Crippen molar-refractivity contribution in [3.8, 4) is 0 Å². The van der Waals surface area contributed by atoms with E-state index in [4.69, 9.17) is 19.3 Å². The van der Waals surface area contributed by atoms with Gasteiger partial charge in [-0.3, -0.25) is 14.1 Å². The van der Waals surface area contributed by atoms with E-state index in [1.165, 1.54) is 57.8 Å². The minimum atomic E-state index is -4.75. The molecule has 0 amide bonds. The highest BCUT2D eigenvalue weighted by molar-refractivity contribution is 7.46. The monoisotopic (exact) mass is 670 g/mol. The summed E-state index contributed by atoms with van der Waals surface area (Å²) in [5.41, 5.74) is 0. The van der Waals surface area contributed by atoms with E-state index in [0.717, 1.165) is 70.6 Å². The number of esters is 2. The maximum absolute atomic E-state index is 12.3. The Bertz CT molecular complexity index is 848. The molecule has 0 saturated heterocycles. The molecule has 0 heterocycles. The first-order valence-corrected chi connectivity index (χ1v) is 19.8. The predicted molar refractivity (Wildman–Crippen MR) is 188 cm³/mol. The second kappa shape index (κ2) is 33.2. The number of phosphoric acid groups is 1. The Kier molecular flexibility index (Phi) is 31.9. The van der Waals surface area contributed by atoms with Crippen LogP contribution in [0.25, 0.3) is 0 Å². The van der Waals surface area contributed by atoms with Crippen molar-refractivity contribution in [3.05, 3.63) is 36.5 Å². The van der Waals surface area contributed by atoms with E-state index in [1.807, 2.05) is 0 Å². The Morgan fingerprint density at radius 2 is 1.00 bits per heavy atom. The standard InChI is InChI=1S/C37H67O8P/c1-3-5-7-9-11-13-15-16-17-18-19-20-22-24-26-28-30-32-37(39)45-35(34-44-46(40,41)42)33-43-36(38)31-29-27-25-23-21-14-12-10-8-6-4-2/h10-13,16-17,35H,3-9,14-15,18-34H2,1-2H3,(H2,40,41,42)/b12-10-,13-11-,17-16-. The molecule has 2 N–H and O–H groups in total. The normalized spacial score (nSPS) is 12.9. The van der Waals surface area contributed by atoms with Gasteiger partial charge in [0.2, 0.25) is 0 Å². The molecule has 0 fully saturated rings. The molecule has 0 bridgehead atoms. The lowest BCUT2D eigenvalue weighted by molar-refractivity contribution is -0.161. The van der Waals surface area contributed by atoms with Crippen LogP contribution in [0.4, 0.5) is 0 Å². The molecule has 46 heavy (non-hydrogen) atoms. The van der Waals surface area contributed by atoms with Gasteiger partial charge in [-0.15, -0.1) is 0 Å². The number of phosphoric ester groups is 1. The molecule has 8 nitrogen and oxygen atoms in total. The molecule has 0 saturated carbocycles. The average Bonchev–Trinajstić information content (AvgIpc) is 3.02. The molecule has 1 atom stereocenters. The highest BCUT2D eigenvalue weighted by Gasteiger charge is 2.22. The molecule has 268 valence electrons. The summed E-state index contributed by atoms with van der Waals surface area (Å²) < 4.78 is 26.2. The van der Waals surface area contributed by atoms with Gasteiger partial charge < -0.3 is 19.3 Å². The molecular formula is C37H67O8P. The van der Waals surface area contributed by atoms with Gasteiger partial charge in [-0.1, -0.05) is 127 Å². The van der Waals surface area contributed by atoms with E-state index >= 15 is 0 Å². The summed E-state index contributed by atoms with van der Waals surface area (Å²) >= 11 is 0. The maximum atomic E-state index is 12.3. The number of ether oxygens (including phenoxy) is 2. The Morgan fingerprint density at radius 1 is 0.565 bits per heavy atom. The first kappa shape index (κ1) is 44.3. The van der Waals surface area contributed by atoms with Crippen molar-refractivity contribution in [2.24, 2.45) is 0 Å². The Hall–Kier alpha value is -1.73. The van der Waals surface area contributed by atoms with Crippen LogP contribution in [0.2, 0.25) is 0 Å². The predicted octanol–water partition coefficient (Wildman–Crippen LogP) is 10.6. The van der Waals surface area contributed by atoms with Crippen LogP contribution in [0.15, 0.2) is 36.5 Å². The topological polar surface area (TPSA) is 119 Å². The van der Waals surface area contributed by atoms with E-state index in [2.05, 4.69) is 54.8 Å². The van der Waals surface area contributed by atoms with E-state index in [9.17, 15) is 14.2 Å². The molecule has 0 aromatic rings. The highest BCUT2D eigenvalue weighted by atomic mass is 31.2. The number of carbonyl (C=O) groups excluding carboxylic acids is 2. The number of carbonyl (C=O) groups is 2. The molecule has 9 heteroatoms. The lowest BCUT2D eigenvalue weighted by Gasteiger charge is -2.18. The van der Waals surface area contributed by atoms with Crippen molar-refractivity contribution in [1.82, 2.24) is 0 Å². The Labute approximate surface area is 281 Å². The van der Waals surface area contributed by atoms with Gasteiger partial charge in [-0.25, -0.2) is 4.57 Å². The van der Waals surface area contributed by atoms with Crippen LogP contribution in [-0.2, 0) is 28.2 Å². The van der Waals surface area contributed by atoms with Crippen LogP contribution in [0.1, 0.15) is 168 Å². The van der Waals surface area contributed by atoms with Gasteiger partial charge in [0, 0.05) is 12.8 Å². The molecule has 0 aliphatic rings. The second-order valence-electron chi connectivity index (χ2n) is 12.2. The molecule has 0 radical (unpaired) electrons. The van der Waals surface area contributed by atoms with Crippen molar-refractivity contribution < 1.29 is 37.9 Å². The summed E-state index contributed by atoms with van der Waals surface area (Å²) in [6.45, 7) is 3.59. The van der Waals surface area contributed by atoms with Gasteiger partial charge in [-0.05, 0) is 64.2 Å². The zero-order chi connectivity index (χ0) is 34.0. The third-order valence-electron chi connectivity index (χ3n) is 7.63. The van der Waals surface area contributed by atoms with E-state index < -0.39 is 32.5 Å². The highest BCUT2D eigenvalue weighted by Crippen LogP contribution is 2.36. The maximum Gasteiger partial charge on any atom is 0.469 e. The van der Waals surface area contributed by atoms with E-state index in [1.54, 1.807) is 0 Å². The summed E-state index contributed by atoms with van der Waals surface area (Å²) in [6.07, 6.45) is 37.2. The summed E-state index contributed by atoms with van der Waals surface area (Å²) in [7, 11) is -4.75. The van der Waals surface area contributed by atoms with Crippen LogP contribution in [0, 0.1) is 0 Å². The molecule has 0 aromatic carbocycles. The van der Waals surface area contributed by atoms with Crippen molar-refractivity contribution in [1.29, 1.82) is 0 Å². The lowest BCUT2D eigenvalue weighted by Crippen LogP contribution is -2.29. The van der Waals surface area contributed by atoms with Crippen LogP contribution < -0.4 is 0 Å². The molecular weight excluding hydrogens is 603 g/mol. The van der Waals surface area contributed by atoms with Crippen LogP contribution in [0.5, 0.6) is 0 Å². The van der Waals surface area contributed by atoms with Crippen LogP contribution in [0.3, 0.4) is 0 Å². The molecule has 1 unspecified atom stereocenters. The minimum absolute atomic E-state index is 0.201. The number of hydrogen-bond donors (Lipinski definition) is 2. The fraction of sp³-hybridized carbons (Fsp3) is 0.784. The van der Waals surface area contributed by atoms with Gasteiger partial charge in [0.25, 0.3) is 0 Å². The SMILES string of the molecule is CCCC/C=C\CCCCCCCC(=O)OCC(COP(=O)(O)O)OC(=O)CCCCCCCCC/C=C\C/C=C\CCCCC. The van der Waals surface area contributed by atoms with Crippen LogP contribution >= 0.6 is 7.82 Å². The Morgan fingerprint density at radius 3 is 1.52 bits per heavy atom. The number of unbranched alkanes of at least 4 members (excludes halogenated alkanes) is 17. The third-order valence-corrected chi connectivity index (χ3v) is 8.12. The van der Waals surface area contributed by atoms with Crippen molar-refractivity contribution in [2.75, 3.05) is 13.2 Å². The largest absolute Gasteiger partial charge is 0.469 e. The quantitative estimate of drug-likeness (QED) is 0.0306. The smallest absolute Gasteiger partial charge is 0.462 e. The first-order chi connectivity index (χ1) is 22.3. The van der Waals surface area contributed by atoms with Crippen molar-refractivity contribution >= 4 is 19.8 Å².